The minimum absolute atomic E-state index is 0.0215. The predicted octanol–water partition coefficient (Wildman–Crippen LogP) is 3.11. The molecule has 4 heteroatoms. The number of hydrogen-bond acceptors (Lipinski definition) is 3. The Kier molecular flexibility index (Phi) is 2.84. The number of benzene rings is 2. The molecule has 0 aliphatic carbocycles. The SMILES string of the molecule is N#[N+]c1cccc(C(=O)c2ccccc2)c1O. The Morgan fingerprint density at radius 2 is 1.76 bits per heavy atom. The number of carbonyl (C=O) groups is 1. The van der Waals surface area contributed by atoms with Crippen LogP contribution in [0.2, 0.25) is 0 Å². The van der Waals surface area contributed by atoms with Gasteiger partial charge < -0.3 is 5.11 Å². The monoisotopic (exact) mass is 225 g/mol. The number of phenolic OH excluding ortho intramolecular Hbond substituents is 1. The molecule has 0 aliphatic heterocycles. The largest absolute Gasteiger partial charge is 0.501 e. The molecule has 4 nitrogen and oxygen atoms in total. The molecular formula is C13H9N2O2+. The highest BCUT2D eigenvalue weighted by Gasteiger charge is 2.21. The van der Waals surface area contributed by atoms with Crippen molar-refractivity contribution >= 4 is 11.5 Å². The maximum absolute atomic E-state index is 12.1. The number of diazo groups is 1. The summed E-state index contributed by atoms with van der Waals surface area (Å²) < 4.78 is 0. The van der Waals surface area contributed by atoms with Crippen LogP contribution >= 0.6 is 0 Å². The maximum Gasteiger partial charge on any atom is 0.426 e. The van der Waals surface area contributed by atoms with E-state index in [-0.39, 0.29) is 22.8 Å². The van der Waals surface area contributed by atoms with E-state index in [1.165, 1.54) is 12.1 Å². The number of para-hydroxylation sites is 1. The van der Waals surface area contributed by atoms with Crippen LogP contribution in [0.3, 0.4) is 0 Å². The third-order valence-corrected chi connectivity index (χ3v) is 2.40. The van der Waals surface area contributed by atoms with E-state index >= 15 is 0 Å². The molecular weight excluding hydrogens is 216 g/mol. The van der Waals surface area contributed by atoms with Gasteiger partial charge in [0.05, 0.1) is 5.56 Å². The normalized spacial score (nSPS) is 9.59. The number of nitrogens with zero attached hydrogens (tertiary/aromatic N) is 2. The topological polar surface area (TPSA) is 65.5 Å². The van der Waals surface area contributed by atoms with Crippen molar-refractivity contribution in [2.24, 2.45) is 0 Å². The van der Waals surface area contributed by atoms with E-state index in [1.807, 2.05) is 0 Å². The molecule has 0 spiro atoms. The van der Waals surface area contributed by atoms with Gasteiger partial charge in [-0.3, -0.25) is 4.79 Å². The van der Waals surface area contributed by atoms with Crippen molar-refractivity contribution in [3.63, 3.8) is 0 Å². The summed E-state index contributed by atoms with van der Waals surface area (Å²) in [6, 6.07) is 13.0. The summed E-state index contributed by atoms with van der Waals surface area (Å²) >= 11 is 0. The van der Waals surface area contributed by atoms with E-state index in [9.17, 15) is 9.90 Å². The molecule has 0 unspecified atom stereocenters. The van der Waals surface area contributed by atoms with Crippen molar-refractivity contribution in [2.75, 3.05) is 0 Å². The Labute approximate surface area is 97.8 Å². The summed E-state index contributed by atoms with van der Waals surface area (Å²) in [6.45, 7) is 0. The molecule has 0 heterocycles. The first-order valence-corrected chi connectivity index (χ1v) is 5.01. The molecule has 82 valence electrons. The van der Waals surface area contributed by atoms with Crippen LogP contribution < -0.4 is 0 Å². The Morgan fingerprint density at radius 3 is 2.41 bits per heavy atom. The summed E-state index contributed by atoms with van der Waals surface area (Å²) in [6.07, 6.45) is 0. The number of carbonyl (C=O) groups excluding carboxylic acids is 1. The highest BCUT2D eigenvalue weighted by atomic mass is 16.3. The fraction of sp³-hybridized carbons (Fsp3) is 0. The maximum atomic E-state index is 12.1. The van der Waals surface area contributed by atoms with Gasteiger partial charge in [0, 0.05) is 11.6 Å². The second-order valence-corrected chi connectivity index (χ2v) is 3.47. The molecule has 0 saturated heterocycles. The van der Waals surface area contributed by atoms with Gasteiger partial charge in [-0.05, 0) is 6.07 Å². The summed E-state index contributed by atoms with van der Waals surface area (Å²) in [5, 5.41) is 18.4. The minimum atomic E-state index is -0.316. The first kappa shape index (κ1) is 10.8. The molecule has 0 radical (unpaired) electrons. The second kappa shape index (κ2) is 4.45. The van der Waals surface area contributed by atoms with E-state index in [0.717, 1.165) is 0 Å². The van der Waals surface area contributed by atoms with Gasteiger partial charge in [-0.25, -0.2) is 0 Å². The summed E-state index contributed by atoms with van der Waals surface area (Å²) in [7, 11) is 0. The van der Waals surface area contributed by atoms with Crippen LogP contribution in [0.25, 0.3) is 4.98 Å². The van der Waals surface area contributed by atoms with E-state index in [0.29, 0.717) is 5.56 Å². The van der Waals surface area contributed by atoms with Crippen LogP contribution in [-0.2, 0) is 0 Å². The molecule has 0 atom stereocenters. The van der Waals surface area contributed by atoms with Gasteiger partial charge >= 0.3 is 5.69 Å². The van der Waals surface area contributed by atoms with Crippen molar-refractivity contribution in [1.29, 1.82) is 5.39 Å². The summed E-state index contributed by atoms with van der Waals surface area (Å²) in [4.78, 5) is 15.0. The van der Waals surface area contributed by atoms with E-state index in [1.54, 1.807) is 36.4 Å². The molecule has 2 aromatic carbocycles. The molecule has 0 bridgehead atoms. The Hall–Kier alpha value is -2.67. The Bertz CT molecular complexity index is 601. The van der Waals surface area contributed by atoms with Crippen molar-refractivity contribution < 1.29 is 9.90 Å². The lowest BCUT2D eigenvalue weighted by atomic mass is 10.0. The number of ketones is 1. The van der Waals surface area contributed by atoms with Gasteiger partial charge in [-0.2, -0.15) is 0 Å². The molecule has 2 aromatic rings. The van der Waals surface area contributed by atoms with Gasteiger partial charge in [0.1, 0.15) is 0 Å². The first-order valence-electron chi connectivity index (χ1n) is 5.01. The third kappa shape index (κ3) is 1.99. The van der Waals surface area contributed by atoms with Crippen molar-refractivity contribution in [3.8, 4) is 5.75 Å². The van der Waals surface area contributed by atoms with Crippen LogP contribution in [0, 0.1) is 5.39 Å². The van der Waals surface area contributed by atoms with E-state index in [2.05, 4.69) is 4.98 Å². The zero-order chi connectivity index (χ0) is 12.3. The van der Waals surface area contributed by atoms with Crippen LogP contribution in [0.4, 0.5) is 5.69 Å². The first-order chi connectivity index (χ1) is 8.24. The van der Waals surface area contributed by atoms with Gasteiger partial charge in [-0.1, -0.05) is 36.4 Å². The lowest BCUT2D eigenvalue weighted by Crippen LogP contribution is -2.00. The highest BCUT2D eigenvalue weighted by Crippen LogP contribution is 2.31. The van der Waals surface area contributed by atoms with E-state index in [4.69, 9.17) is 5.39 Å². The molecule has 1 N–H and O–H groups in total. The lowest BCUT2D eigenvalue weighted by molar-refractivity contribution is 0.103. The third-order valence-electron chi connectivity index (χ3n) is 2.40. The number of rotatable bonds is 2. The van der Waals surface area contributed by atoms with Crippen LogP contribution in [0.15, 0.2) is 48.5 Å². The average molecular weight is 225 g/mol. The quantitative estimate of drug-likeness (QED) is 0.630. The fourth-order valence-corrected chi connectivity index (χ4v) is 1.54. The van der Waals surface area contributed by atoms with Crippen molar-refractivity contribution in [3.05, 3.63) is 64.6 Å². The van der Waals surface area contributed by atoms with Crippen LogP contribution in [0.5, 0.6) is 5.75 Å². The van der Waals surface area contributed by atoms with Crippen molar-refractivity contribution in [1.82, 2.24) is 0 Å². The molecule has 0 saturated carbocycles. The number of phenols is 1. The predicted molar refractivity (Wildman–Crippen MR) is 62.7 cm³/mol. The minimum Gasteiger partial charge on any atom is -0.501 e. The zero-order valence-electron chi connectivity index (χ0n) is 8.87. The molecule has 0 aliphatic rings. The molecule has 17 heavy (non-hydrogen) atoms. The Balaban J connectivity index is 2.50. The van der Waals surface area contributed by atoms with Crippen LogP contribution in [0.1, 0.15) is 15.9 Å². The second-order valence-electron chi connectivity index (χ2n) is 3.47. The highest BCUT2D eigenvalue weighted by molar-refractivity contribution is 6.11. The molecule has 2 rings (SSSR count). The Morgan fingerprint density at radius 1 is 1.06 bits per heavy atom. The van der Waals surface area contributed by atoms with E-state index < -0.39 is 0 Å². The number of hydrogen-bond donors (Lipinski definition) is 1. The van der Waals surface area contributed by atoms with Gasteiger partial charge in [0.15, 0.2) is 10.8 Å². The summed E-state index contributed by atoms with van der Waals surface area (Å²) in [5.41, 5.74) is 0.566. The fourth-order valence-electron chi connectivity index (χ4n) is 1.54. The smallest absolute Gasteiger partial charge is 0.426 e. The standard InChI is InChI=1S/C13H8N2O2/c14-15-11-8-4-7-10(13(11)17)12(16)9-5-2-1-3-6-9/h1-8H/p+1. The molecule has 0 amide bonds. The van der Waals surface area contributed by atoms with Crippen molar-refractivity contribution in [2.45, 2.75) is 0 Å². The molecule has 0 fully saturated rings. The molecule has 0 aromatic heterocycles. The van der Waals surface area contributed by atoms with Gasteiger partial charge in [0.2, 0.25) is 11.1 Å². The van der Waals surface area contributed by atoms with Gasteiger partial charge in [0.25, 0.3) is 0 Å². The lowest BCUT2D eigenvalue weighted by Gasteiger charge is -2.01. The average Bonchev–Trinajstić information content (AvgIpc) is 2.39. The van der Waals surface area contributed by atoms with Gasteiger partial charge in [-0.15, -0.1) is 0 Å². The number of aromatic hydroxyl groups is 1. The van der Waals surface area contributed by atoms with Crippen LogP contribution in [-0.4, -0.2) is 10.9 Å². The zero-order valence-corrected chi connectivity index (χ0v) is 8.87. The summed E-state index contributed by atoms with van der Waals surface area (Å²) in [5.74, 6) is -0.627.